The number of hydrogen-bond acceptors (Lipinski definition) is 5. The summed E-state index contributed by atoms with van der Waals surface area (Å²) in [4.78, 5) is 13.5. The fourth-order valence-electron chi connectivity index (χ4n) is 5.93. The number of amides is 1. The molecule has 1 aromatic carbocycles. The molecular weight excluding hydrogens is 424 g/mol. The maximum absolute atomic E-state index is 13.5. The van der Waals surface area contributed by atoms with Gasteiger partial charge in [0, 0.05) is 0 Å². The van der Waals surface area contributed by atoms with E-state index in [-0.39, 0.29) is 22.4 Å². The van der Waals surface area contributed by atoms with Crippen molar-refractivity contribution in [1.82, 2.24) is 10.6 Å². The van der Waals surface area contributed by atoms with E-state index in [2.05, 4.69) is 49.6 Å². The van der Waals surface area contributed by atoms with Gasteiger partial charge < -0.3 is 26.0 Å². The molecule has 1 amide bonds. The molecule has 7 heteroatoms. The number of aryl methyl sites for hydroxylation is 1. The number of fused-ring (bicyclic) bond motifs is 3. The molecule has 178 valence electrons. The van der Waals surface area contributed by atoms with Crippen LogP contribution in [0.4, 0.5) is 0 Å². The maximum atomic E-state index is 13.5. The molecule has 2 aliphatic rings. The molecule has 0 radical (unpaired) electrons. The van der Waals surface area contributed by atoms with E-state index in [0.29, 0.717) is 5.92 Å². The van der Waals surface area contributed by atoms with Gasteiger partial charge in [-0.3, -0.25) is 4.79 Å². The molecule has 0 aliphatic heterocycles. The third kappa shape index (κ3) is 4.32. The highest BCUT2D eigenvalue weighted by Gasteiger charge is 2.55. The van der Waals surface area contributed by atoms with Gasteiger partial charge in [0.1, 0.15) is 5.54 Å². The summed E-state index contributed by atoms with van der Waals surface area (Å²) < 4.78 is 0. The first-order chi connectivity index (χ1) is 15.0. The summed E-state index contributed by atoms with van der Waals surface area (Å²) in [6.07, 6.45) is 4.70. The lowest BCUT2D eigenvalue weighted by Crippen LogP contribution is -2.62. The lowest BCUT2D eigenvalue weighted by atomic mass is 9.49. The van der Waals surface area contributed by atoms with Gasteiger partial charge in [0.2, 0.25) is 5.91 Å². The van der Waals surface area contributed by atoms with E-state index in [1.807, 2.05) is 6.92 Å². The third-order valence-electron chi connectivity index (χ3n) is 8.08. The molecule has 1 aromatic rings. The van der Waals surface area contributed by atoms with Gasteiger partial charge >= 0.3 is 0 Å². The van der Waals surface area contributed by atoms with Crippen molar-refractivity contribution in [2.45, 2.75) is 76.7 Å². The molecule has 0 bridgehead atoms. The maximum Gasteiger partial charge on any atom is 0.232 e. The second-order valence-electron chi connectivity index (χ2n) is 10.5. The number of carbonyl (C=O) groups is 1. The van der Waals surface area contributed by atoms with Gasteiger partial charge in [-0.25, -0.2) is 0 Å². The second-order valence-corrected chi connectivity index (χ2v) is 10.9. The Morgan fingerprint density at radius 1 is 1.19 bits per heavy atom. The van der Waals surface area contributed by atoms with Crippen molar-refractivity contribution in [3.63, 3.8) is 0 Å². The summed E-state index contributed by atoms with van der Waals surface area (Å²) >= 11 is 5.30. The molecule has 0 saturated heterocycles. The van der Waals surface area contributed by atoms with Gasteiger partial charge in [-0.15, -0.1) is 0 Å². The van der Waals surface area contributed by atoms with Crippen molar-refractivity contribution in [2.75, 3.05) is 19.8 Å². The van der Waals surface area contributed by atoms with Crippen molar-refractivity contribution in [3.05, 3.63) is 34.9 Å². The van der Waals surface area contributed by atoms with Crippen molar-refractivity contribution in [3.8, 4) is 0 Å². The number of carbonyl (C=O) groups excluding carboxylic acids is 1. The number of benzene rings is 1. The van der Waals surface area contributed by atoms with Crippen molar-refractivity contribution < 1.29 is 20.1 Å². The zero-order valence-electron chi connectivity index (χ0n) is 19.7. The van der Waals surface area contributed by atoms with Crippen LogP contribution in [0.3, 0.4) is 0 Å². The Morgan fingerprint density at radius 3 is 2.44 bits per heavy atom. The number of aliphatic hydroxyl groups excluding tert-OH is 3. The van der Waals surface area contributed by atoms with E-state index < -0.39 is 30.8 Å². The Morgan fingerprint density at radius 2 is 1.84 bits per heavy atom. The zero-order valence-corrected chi connectivity index (χ0v) is 20.5. The molecule has 6 nitrogen and oxygen atoms in total. The molecular formula is C25H38N2O4S. The van der Waals surface area contributed by atoms with Crippen molar-refractivity contribution in [2.24, 2.45) is 11.3 Å². The molecule has 0 heterocycles. The monoisotopic (exact) mass is 462 g/mol. The average Bonchev–Trinajstić information content (AvgIpc) is 2.77. The van der Waals surface area contributed by atoms with E-state index in [0.717, 1.165) is 32.1 Å². The Kier molecular flexibility index (Phi) is 7.35. The Bertz CT molecular complexity index is 861. The largest absolute Gasteiger partial charge is 0.394 e. The summed E-state index contributed by atoms with van der Waals surface area (Å²) in [5.74, 6) is 0.531. The second kappa shape index (κ2) is 9.37. The molecule has 5 N–H and O–H groups in total. The number of hydrogen-bond donors (Lipinski definition) is 5. The molecule has 0 aromatic heterocycles. The molecule has 1 saturated carbocycles. The predicted octanol–water partition coefficient (Wildman–Crippen LogP) is 2.53. The van der Waals surface area contributed by atoms with E-state index in [1.54, 1.807) is 0 Å². The minimum atomic E-state index is -1.37. The fourth-order valence-corrected chi connectivity index (χ4v) is 6.24. The van der Waals surface area contributed by atoms with Crippen LogP contribution in [-0.2, 0) is 16.6 Å². The highest BCUT2D eigenvalue weighted by molar-refractivity contribution is 7.80. The van der Waals surface area contributed by atoms with Gasteiger partial charge in [0.25, 0.3) is 0 Å². The van der Waals surface area contributed by atoms with Crippen LogP contribution in [0.2, 0.25) is 0 Å². The minimum absolute atomic E-state index is 0.0124. The number of thiocarbonyl (C=S) groups is 1. The summed E-state index contributed by atoms with van der Waals surface area (Å²) in [7, 11) is 0. The van der Waals surface area contributed by atoms with E-state index in [9.17, 15) is 20.1 Å². The molecule has 1 fully saturated rings. The minimum Gasteiger partial charge on any atom is -0.394 e. The first-order valence-electron chi connectivity index (χ1n) is 11.6. The molecule has 1 unspecified atom stereocenters. The van der Waals surface area contributed by atoms with Crippen LogP contribution in [0.5, 0.6) is 0 Å². The first kappa shape index (κ1) is 25.1. The summed E-state index contributed by atoms with van der Waals surface area (Å²) in [5.41, 5.74) is 2.11. The van der Waals surface area contributed by atoms with Gasteiger partial charge in [-0.2, -0.15) is 0 Å². The molecule has 32 heavy (non-hydrogen) atoms. The number of nitrogens with one attached hydrogen (secondary N) is 2. The van der Waals surface area contributed by atoms with E-state index in [1.165, 1.54) is 16.7 Å². The highest BCUT2D eigenvalue weighted by atomic mass is 32.1. The average molecular weight is 463 g/mol. The summed E-state index contributed by atoms with van der Waals surface area (Å²) in [5, 5.41) is 34.2. The fraction of sp³-hybridized carbons (Fsp3) is 0.680. The van der Waals surface area contributed by atoms with Crippen molar-refractivity contribution >= 4 is 23.2 Å². The van der Waals surface area contributed by atoms with Crippen LogP contribution < -0.4 is 10.6 Å². The number of rotatable bonds is 6. The van der Waals surface area contributed by atoms with Gasteiger partial charge in [0.15, 0.2) is 5.11 Å². The molecule has 0 spiro atoms. The van der Waals surface area contributed by atoms with Crippen LogP contribution in [0.15, 0.2) is 18.2 Å². The van der Waals surface area contributed by atoms with Crippen molar-refractivity contribution in [1.29, 1.82) is 0 Å². The van der Waals surface area contributed by atoms with Crippen LogP contribution in [0, 0.1) is 11.3 Å². The van der Waals surface area contributed by atoms with E-state index >= 15 is 0 Å². The Hall–Kier alpha value is -1.54. The lowest BCUT2D eigenvalue weighted by molar-refractivity contribution is -0.137. The quantitative estimate of drug-likeness (QED) is 0.417. The normalized spacial score (nSPS) is 27.4. The van der Waals surface area contributed by atoms with Crippen LogP contribution in [0.25, 0.3) is 0 Å². The molecule has 3 atom stereocenters. The van der Waals surface area contributed by atoms with Gasteiger partial charge in [-0.05, 0) is 71.8 Å². The summed E-state index contributed by atoms with van der Waals surface area (Å²) in [6, 6.07) is 6.87. The Balaban J connectivity index is 1.84. The smallest absolute Gasteiger partial charge is 0.232 e. The Labute approximate surface area is 196 Å². The predicted molar refractivity (Wildman–Crippen MR) is 130 cm³/mol. The van der Waals surface area contributed by atoms with Gasteiger partial charge in [-0.1, -0.05) is 52.3 Å². The standard InChI is InChI=1S/C25H38N2O4S/c1-16(2)17-6-8-19-18(12-17)7-9-20-23(19,3)10-5-11-24(20,4)21(31)26-22(32)27-25(13-28,14-29)15-30/h6,8,12,16,20,28-30H,5,7,9-11,13-15H2,1-4H3,(H2,26,27,31,32)/t20?,23-,24-/m1/s1. The van der Waals surface area contributed by atoms with Crippen LogP contribution >= 0.6 is 12.2 Å². The SMILES string of the molecule is CC(C)c1ccc2c(c1)CCC1[C@](C)(C(=O)NC(=S)NC(CO)(CO)CO)CCC[C@]21C. The third-order valence-corrected chi connectivity index (χ3v) is 8.28. The van der Waals surface area contributed by atoms with Gasteiger partial charge in [0.05, 0.1) is 25.2 Å². The number of aliphatic hydroxyl groups is 3. The zero-order chi connectivity index (χ0) is 23.7. The lowest BCUT2D eigenvalue weighted by Gasteiger charge is -2.54. The molecule has 3 rings (SSSR count). The topological polar surface area (TPSA) is 102 Å². The van der Waals surface area contributed by atoms with Crippen LogP contribution in [0.1, 0.15) is 76.0 Å². The van der Waals surface area contributed by atoms with E-state index in [4.69, 9.17) is 12.2 Å². The molecule has 2 aliphatic carbocycles. The summed E-state index contributed by atoms with van der Waals surface area (Å²) in [6.45, 7) is 7.24. The highest BCUT2D eigenvalue weighted by Crippen LogP contribution is 2.57. The first-order valence-corrected chi connectivity index (χ1v) is 12.1. The van der Waals surface area contributed by atoms with Crippen LogP contribution in [-0.4, -0.2) is 51.7 Å².